The summed E-state index contributed by atoms with van der Waals surface area (Å²) in [4.78, 5) is 15.5. The van der Waals surface area contributed by atoms with Crippen molar-refractivity contribution >= 4 is 5.97 Å². The summed E-state index contributed by atoms with van der Waals surface area (Å²) >= 11 is 0. The van der Waals surface area contributed by atoms with Crippen molar-refractivity contribution in [2.75, 3.05) is 33.7 Å². The number of carboxylic acid groups (broad SMARTS) is 1. The Labute approximate surface area is 115 Å². The van der Waals surface area contributed by atoms with Crippen molar-refractivity contribution < 1.29 is 9.90 Å². The van der Waals surface area contributed by atoms with Gasteiger partial charge in [0.25, 0.3) is 0 Å². The van der Waals surface area contributed by atoms with E-state index in [9.17, 15) is 4.79 Å². The molecule has 0 unspecified atom stereocenters. The predicted molar refractivity (Wildman–Crippen MR) is 77.5 cm³/mol. The highest BCUT2D eigenvalue weighted by molar-refractivity contribution is 5.87. The summed E-state index contributed by atoms with van der Waals surface area (Å²) in [5.41, 5.74) is 1.42. The van der Waals surface area contributed by atoms with E-state index in [4.69, 9.17) is 5.11 Å². The van der Waals surface area contributed by atoms with Crippen LogP contribution < -0.4 is 0 Å². The van der Waals surface area contributed by atoms with Crippen molar-refractivity contribution in [3.63, 3.8) is 0 Å². The Balaban J connectivity index is 2.67. The van der Waals surface area contributed by atoms with Crippen LogP contribution in [0.2, 0.25) is 0 Å². The summed E-state index contributed by atoms with van der Waals surface area (Å²) in [6.45, 7) is 6.01. The van der Waals surface area contributed by atoms with Crippen LogP contribution in [0.5, 0.6) is 0 Å². The average Bonchev–Trinajstić information content (AvgIpc) is 2.36. The predicted octanol–water partition coefficient (Wildman–Crippen LogP) is 2.16. The van der Waals surface area contributed by atoms with Gasteiger partial charge in [-0.2, -0.15) is 0 Å². The van der Waals surface area contributed by atoms with Crippen molar-refractivity contribution in [2.24, 2.45) is 0 Å². The van der Waals surface area contributed by atoms with Crippen LogP contribution in [0.15, 0.2) is 24.3 Å². The molecule has 106 valence electrons. The molecule has 0 atom stereocenters. The molecule has 1 aromatic carbocycles. The van der Waals surface area contributed by atoms with E-state index in [1.807, 2.05) is 12.1 Å². The number of hydrogen-bond acceptors (Lipinski definition) is 3. The lowest BCUT2D eigenvalue weighted by Gasteiger charge is -2.23. The molecular weight excluding hydrogens is 240 g/mol. The quantitative estimate of drug-likeness (QED) is 0.781. The molecular formula is C15H24N2O2. The minimum atomic E-state index is -0.864. The van der Waals surface area contributed by atoms with Gasteiger partial charge in [-0.25, -0.2) is 4.79 Å². The number of benzene rings is 1. The second kappa shape index (κ2) is 7.92. The Morgan fingerprint density at radius 2 is 1.95 bits per heavy atom. The first-order chi connectivity index (χ1) is 9.02. The maximum absolute atomic E-state index is 11.0. The summed E-state index contributed by atoms with van der Waals surface area (Å²) < 4.78 is 0. The molecule has 0 saturated carbocycles. The number of hydrogen-bond donors (Lipinski definition) is 1. The molecule has 1 N–H and O–H groups in total. The first-order valence-corrected chi connectivity index (χ1v) is 6.72. The van der Waals surface area contributed by atoms with Crippen molar-refractivity contribution in [3.8, 4) is 0 Å². The smallest absolute Gasteiger partial charge is 0.335 e. The van der Waals surface area contributed by atoms with Crippen LogP contribution >= 0.6 is 0 Å². The van der Waals surface area contributed by atoms with Gasteiger partial charge in [0.05, 0.1) is 5.56 Å². The van der Waals surface area contributed by atoms with Crippen LogP contribution in [0.25, 0.3) is 0 Å². The van der Waals surface area contributed by atoms with Crippen LogP contribution in [0, 0.1) is 0 Å². The third-order valence-electron chi connectivity index (χ3n) is 2.98. The zero-order valence-corrected chi connectivity index (χ0v) is 12.1. The van der Waals surface area contributed by atoms with E-state index in [1.54, 1.807) is 12.1 Å². The molecule has 0 fully saturated rings. The summed E-state index contributed by atoms with van der Waals surface area (Å²) in [7, 11) is 4.13. The molecule has 4 nitrogen and oxygen atoms in total. The summed E-state index contributed by atoms with van der Waals surface area (Å²) in [6.07, 6.45) is 1.10. The molecule has 1 rings (SSSR count). The van der Waals surface area contributed by atoms with Gasteiger partial charge < -0.3 is 10.0 Å². The number of nitrogens with zero attached hydrogens (tertiary/aromatic N) is 2. The topological polar surface area (TPSA) is 43.8 Å². The van der Waals surface area contributed by atoms with Crippen molar-refractivity contribution in [1.29, 1.82) is 0 Å². The zero-order valence-electron chi connectivity index (χ0n) is 12.1. The molecule has 19 heavy (non-hydrogen) atoms. The van der Waals surface area contributed by atoms with Gasteiger partial charge in [0.15, 0.2) is 0 Å². The normalized spacial score (nSPS) is 11.2. The second-order valence-corrected chi connectivity index (χ2v) is 5.08. The van der Waals surface area contributed by atoms with E-state index in [2.05, 4.69) is 30.8 Å². The number of carboxylic acids is 1. The Kier molecular flexibility index (Phi) is 6.53. The van der Waals surface area contributed by atoms with Gasteiger partial charge in [0.1, 0.15) is 0 Å². The van der Waals surface area contributed by atoms with Crippen LogP contribution in [-0.2, 0) is 6.54 Å². The third kappa shape index (κ3) is 5.85. The van der Waals surface area contributed by atoms with Gasteiger partial charge in [-0.1, -0.05) is 19.1 Å². The number of carbonyl (C=O) groups is 1. The van der Waals surface area contributed by atoms with E-state index in [0.29, 0.717) is 5.56 Å². The van der Waals surface area contributed by atoms with E-state index >= 15 is 0 Å². The van der Waals surface area contributed by atoms with Crippen LogP contribution in [-0.4, -0.2) is 54.6 Å². The summed E-state index contributed by atoms with van der Waals surface area (Å²) in [6, 6.07) is 7.20. The standard InChI is InChI=1S/C15H24N2O2/c1-4-8-17(10-9-16(2)3)12-13-6-5-7-14(11-13)15(18)19/h5-7,11H,4,8-10,12H2,1-3H3,(H,18,19). The molecule has 0 aliphatic rings. The third-order valence-corrected chi connectivity index (χ3v) is 2.98. The minimum absolute atomic E-state index is 0.363. The zero-order chi connectivity index (χ0) is 14.3. The highest BCUT2D eigenvalue weighted by Crippen LogP contribution is 2.09. The molecule has 0 aliphatic heterocycles. The van der Waals surface area contributed by atoms with Crippen molar-refractivity contribution in [2.45, 2.75) is 19.9 Å². The lowest BCUT2D eigenvalue weighted by molar-refractivity contribution is 0.0696. The molecule has 4 heteroatoms. The van der Waals surface area contributed by atoms with Crippen molar-refractivity contribution in [1.82, 2.24) is 9.80 Å². The van der Waals surface area contributed by atoms with Gasteiger partial charge in [-0.05, 0) is 44.8 Å². The molecule has 0 aromatic heterocycles. The summed E-state index contributed by atoms with van der Waals surface area (Å²) in [5, 5.41) is 9.00. The summed E-state index contributed by atoms with van der Waals surface area (Å²) in [5.74, 6) is -0.864. The molecule has 1 aromatic rings. The Morgan fingerprint density at radius 3 is 2.53 bits per heavy atom. The van der Waals surface area contributed by atoms with Gasteiger partial charge in [0.2, 0.25) is 0 Å². The Bertz CT molecular complexity index is 405. The molecule has 0 amide bonds. The molecule has 0 aliphatic carbocycles. The fourth-order valence-corrected chi connectivity index (χ4v) is 1.99. The van der Waals surface area contributed by atoms with Crippen LogP contribution in [0.1, 0.15) is 29.3 Å². The minimum Gasteiger partial charge on any atom is -0.478 e. The number of likely N-dealkylation sites (N-methyl/N-ethyl adjacent to an activating group) is 1. The van der Waals surface area contributed by atoms with E-state index in [1.165, 1.54) is 0 Å². The molecule has 0 heterocycles. The van der Waals surface area contributed by atoms with Gasteiger partial charge in [-0.15, -0.1) is 0 Å². The van der Waals surface area contributed by atoms with Crippen LogP contribution in [0.3, 0.4) is 0 Å². The largest absolute Gasteiger partial charge is 0.478 e. The van der Waals surface area contributed by atoms with Crippen LogP contribution in [0.4, 0.5) is 0 Å². The molecule has 0 spiro atoms. The van der Waals surface area contributed by atoms with Gasteiger partial charge in [-0.3, -0.25) is 4.90 Å². The lowest BCUT2D eigenvalue weighted by atomic mass is 10.1. The Morgan fingerprint density at radius 1 is 1.21 bits per heavy atom. The van der Waals surface area contributed by atoms with E-state index < -0.39 is 5.97 Å². The number of rotatable bonds is 8. The van der Waals surface area contributed by atoms with E-state index in [0.717, 1.165) is 38.2 Å². The SMILES string of the molecule is CCCN(CCN(C)C)Cc1cccc(C(=O)O)c1. The molecule has 0 radical (unpaired) electrons. The monoisotopic (exact) mass is 264 g/mol. The maximum atomic E-state index is 11.0. The number of aromatic carboxylic acids is 1. The van der Waals surface area contributed by atoms with Gasteiger partial charge >= 0.3 is 5.97 Å². The van der Waals surface area contributed by atoms with Gasteiger partial charge in [0, 0.05) is 19.6 Å². The maximum Gasteiger partial charge on any atom is 0.335 e. The lowest BCUT2D eigenvalue weighted by Crippen LogP contribution is -2.32. The first kappa shape index (κ1) is 15.7. The average molecular weight is 264 g/mol. The van der Waals surface area contributed by atoms with Crippen molar-refractivity contribution in [3.05, 3.63) is 35.4 Å². The van der Waals surface area contributed by atoms with E-state index in [-0.39, 0.29) is 0 Å². The Hall–Kier alpha value is -1.39. The first-order valence-electron chi connectivity index (χ1n) is 6.72. The molecule has 0 saturated heterocycles. The fourth-order valence-electron chi connectivity index (χ4n) is 1.99. The molecule has 0 bridgehead atoms. The fraction of sp³-hybridized carbons (Fsp3) is 0.533. The second-order valence-electron chi connectivity index (χ2n) is 5.08. The highest BCUT2D eigenvalue weighted by Gasteiger charge is 2.08. The highest BCUT2D eigenvalue weighted by atomic mass is 16.4.